The summed E-state index contributed by atoms with van der Waals surface area (Å²) in [7, 11) is 0. The molecule has 15 heavy (non-hydrogen) atoms. The standard InChI is InChI=1S/C9H9FN2O2.ClH/c10-7-2-5(3-11)1-6(9(7)14)8(12)4-13;/h1-2,8,13-14H,4,12H2;1H/t8-;/m0./s1. The van der Waals surface area contributed by atoms with Crippen LogP contribution >= 0.6 is 12.4 Å². The number of nitrogens with two attached hydrogens (primary N) is 1. The van der Waals surface area contributed by atoms with Crippen molar-refractivity contribution in [2.75, 3.05) is 6.61 Å². The van der Waals surface area contributed by atoms with E-state index in [0.29, 0.717) is 0 Å². The van der Waals surface area contributed by atoms with E-state index in [-0.39, 0.29) is 23.5 Å². The molecule has 1 rings (SSSR count). The second-order valence-corrected chi connectivity index (χ2v) is 2.80. The number of phenols is 1. The van der Waals surface area contributed by atoms with E-state index in [2.05, 4.69) is 0 Å². The first-order valence-corrected chi connectivity index (χ1v) is 3.89. The van der Waals surface area contributed by atoms with Gasteiger partial charge in [0.2, 0.25) is 0 Å². The maximum Gasteiger partial charge on any atom is 0.166 e. The van der Waals surface area contributed by atoms with Crippen LogP contribution in [0.2, 0.25) is 0 Å². The van der Waals surface area contributed by atoms with Gasteiger partial charge in [0.15, 0.2) is 11.6 Å². The van der Waals surface area contributed by atoms with Crippen LogP contribution in [-0.2, 0) is 0 Å². The second-order valence-electron chi connectivity index (χ2n) is 2.80. The Morgan fingerprint density at radius 2 is 2.13 bits per heavy atom. The maximum absolute atomic E-state index is 13.0. The Balaban J connectivity index is 0.00000196. The van der Waals surface area contributed by atoms with Gasteiger partial charge in [0.1, 0.15) is 0 Å². The Bertz CT molecular complexity index is 392. The van der Waals surface area contributed by atoms with Crippen LogP contribution in [0, 0.1) is 17.1 Å². The minimum atomic E-state index is -0.914. The van der Waals surface area contributed by atoms with E-state index in [9.17, 15) is 9.50 Å². The molecule has 6 heteroatoms. The number of benzene rings is 1. The minimum Gasteiger partial charge on any atom is -0.505 e. The van der Waals surface area contributed by atoms with E-state index in [4.69, 9.17) is 16.1 Å². The smallest absolute Gasteiger partial charge is 0.166 e. The number of nitriles is 1. The van der Waals surface area contributed by atoms with Crippen molar-refractivity contribution in [1.82, 2.24) is 0 Å². The predicted molar refractivity (Wildman–Crippen MR) is 54.0 cm³/mol. The number of phenolic OH excluding ortho intramolecular Hbond substituents is 1. The van der Waals surface area contributed by atoms with Gasteiger partial charge < -0.3 is 15.9 Å². The van der Waals surface area contributed by atoms with Gasteiger partial charge in [-0.15, -0.1) is 12.4 Å². The zero-order valence-electron chi connectivity index (χ0n) is 7.64. The van der Waals surface area contributed by atoms with Gasteiger partial charge in [-0.3, -0.25) is 0 Å². The van der Waals surface area contributed by atoms with Crippen LogP contribution < -0.4 is 5.73 Å². The number of aliphatic hydroxyl groups is 1. The summed E-state index contributed by atoms with van der Waals surface area (Å²) in [4.78, 5) is 0. The summed E-state index contributed by atoms with van der Waals surface area (Å²) in [6.45, 7) is -0.429. The van der Waals surface area contributed by atoms with E-state index in [1.807, 2.05) is 0 Å². The van der Waals surface area contributed by atoms with E-state index >= 15 is 0 Å². The van der Waals surface area contributed by atoms with E-state index in [0.717, 1.165) is 6.07 Å². The lowest BCUT2D eigenvalue weighted by atomic mass is 10.0. The van der Waals surface area contributed by atoms with Gasteiger partial charge in [0.05, 0.1) is 24.3 Å². The Labute approximate surface area is 92.2 Å². The zero-order chi connectivity index (χ0) is 10.7. The Morgan fingerprint density at radius 3 is 2.60 bits per heavy atom. The molecule has 1 aromatic rings. The molecule has 0 amide bonds. The van der Waals surface area contributed by atoms with Crippen LogP contribution in [-0.4, -0.2) is 16.8 Å². The molecule has 82 valence electrons. The van der Waals surface area contributed by atoms with Gasteiger partial charge in [-0.05, 0) is 12.1 Å². The van der Waals surface area contributed by atoms with Gasteiger partial charge in [-0.1, -0.05) is 0 Å². The molecule has 0 saturated carbocycles. The highest BCUT2D eigenvalue weighted by Gasteiger charge is 2.15. The summed E-state index contributed by atoms with van der Waals surface area (Å²) in [6.07, 6.45) is 0. The normalized spacial score (nSPS) is 11.3. The molecule has 1 atom stereocenters. The van der Waals surface area contributed by atoms with Crippen molar-refractivity contribution in [1.29, 1.82) is 5.26 Å². The number of hydrogen-bond acceptors (Lipinski definition) is 4. The first-order valence-electron chi connectivity index (χ1n) is 3.89. The van der Waals surface area contributed by atoms with Crippen LogP contribution in [0.15, 0.2) is 12.1 Å². The highest BCUT2D eigenvalue weighted by Crippen LogP contribution is 2.27. The third-order valence-corrected chi connectivity index (χ3v) is 1.82. The molecule has 0 aromatic heterocycles. The van der Waals surface area contributed by atoms with Crippen LogP contribution in [0.1, 0.15) is 17.2 Å². The molecule has 4 nitrogen and oxygen atoms in total. The Kier molecular flexibility index (Phi) is 5.02. The summed E-state index contributed by atoms with van der Waals surface area (Å²) in [5.74, 6) is -1.53. The number of hydrogen-bond donors (Lipinski definition) is 3. The summed E-state index contributed by atoms with van der Waals surface area (Å²) in [5, 5.41) is 26.5. The fourth-order valence-electron chi connectivity index (χ4n) is 1.07. The van der Waals surface area contributed by atoms with E-state index < -0.39 is 24.2 Å². The lowest BCUT2D eigenvalue weighted by molar-refractivity contribution is 0.264. The molecule has 4 N–H and O–H groups in total. The first-order chi connectivity index (χ1) is 6.60. The predicted octanol–water partition coefficient (Wildman–Crippen LogP) is 0.817. The summed E-state index contributed by atoms with van der Waals surface area (Å²) < 4.78 is 13.0. The maximum atomic E-state index is 13.0. The molecule has 0 aliphatic rings. The van der Waals surface area contributed by atoms with Gasteiger partial charge in [0.25, 0.3) is 0 Å². The number of nitrogens with zero attached hydrogens (tertiary/aromatic N) is 1. The molecule has 0 spiro atoms. The molecule has 0 heterocycles. The van der Waals surface area contributed by atoms with Crippen molar-refractivity contribution in [2.24, 2.45) is 5.73 Å². The van der Waals surface area contributed by atoms with Gasteiger partial charge in [0, 0.05) is 5.56 Å². The third kappa shape index (κ3) is 2.80. The number of halogens is 2. The average molecular weight is 233 g/mol. The summed E-state index contributed by atoms with van der Waals surface area (Å²) >= 11 is 0. The highest BCUT2D eigenvalue weighted by molar-refractivity contribution is 5.85. The topological polar surface area (TPSA) is 90.3 Å². The van der Waals surface area contributed by atoms with Crippen LogP contribution in [0.5, 0.6) is 5.75 Å². The first kappa shape index (κ1) is 13.7. The van der Waals surface area contributed by atoms with Crippen molar-refractivity contribution in [3.8, 4) is 11.8 Å². The SMILES string of the molecule is Cl.N#Cc1cc(F)c(O)c([C@@H](N)CO)c1. The molecular formula is C9H10ClFN2O2. The monoisotopic (exact) mass is 232 g/mol. The van der Waals surface area contributed by atoms with Gasteiger partial charge >= 0.3 is 0 Å². The number of aromatic hydroxyl groups is 1. The van der Waals surface area contributed by atoms with Crippen molar-refractivity contribution in [3.05, 3.63) is 29.1 Å². The van der Waals surface area contributed by atoms with Gasteiger partial charge in [-0.2, -0.15) is 5.26 Å². The Morgan fingerprint density at radius 1 is 1.53 bits per heavy atom. The average Bonchev–Trinajstić information content (AvgIpc) is 2.20. The zero-order valence-corrected chi connectivity index (χ0v) is 8.46. The molecule has 0 aliphatic heterocycles. The molecule has 0 aliphatic carbocycles. The van der Waals surface area contributed by atoms with Crippen molar-refractivity contribution >= 4 is 12.4 Å². The van der Waals surface area contributed by atoms with Gasteiger partial charge in [-0.25, -0.2) is 4.39 Å². The van der Waals surface area contributed by atoms with E-state index in [1.165, 1.54) is 6.07 Å². The molecule has 0 saturated heterocycles. The van der Waals surface area contributed by atoms with Crippen LogP contribution in [0.4, 0.5) is 4.39 Å². The lowest BCUT2D eigenvalue weighted by Gasteiger charge is -2.11. The number of rotatable bonds is 2. The van der Waals surface area contributed by atoms with Crippen molar-refractivity contribution in [2.45, 2.75) is 6.04 Å². The molecule has 0 unspecified atom stereocenters. The fourth-order valence-corrected chi connectivity index (χ4v) is 1.07. The fraction of sp³-hybridized carbons (Fsp3) is 0.222. The van der Waals surface area contributed by atoms with Crippen molar-refractivity contribution < 1.29 is 14.6 Å². The van der Waals surface area contributed by atoms with E-state index in [1.54, 1.807) is 6.07 Å². The molecule has 0 radical (unpaired) electrons. The lowest BCUT2D eigenvalue weighted by Crippen LogP contribution is -2.15. The minimum absolute atomic E-state index is 0. The number of aliphatic hydroxyl groups excluding tert-OH is 1. The third-order valence-electron chi connectivity index (χ3n) is 1.82. The molecule has 0 fully saturated rings. The highest BCUT2D eigenvalue weighted by atomic mass is 35.5. The second kappa shape index (κ2) is 5.51. The Hall–Kier alpha value is -1.35. The molecular weight excluding hydrogens is 223 g/mol. The summed E-state index contributed by atoms with van der Waals surface area (Å²) in [6, 6.07) is 2.99. The molecule has 1 aromatic carbocycles. The largest absolute Gasteiger partial charge is 0.505 e. The molecule has 0 bridgehead atoms. The quantitative estimate of drug-likeness (QED) is 0.704. The van der Waals surface area contributed by atoms with Crippen molar-refractivity contribution in [3.63, 3.8) is 0 Å². The van der Waals surface area contributed by atoms with Crippen LogP contribution in [0.25, 0.3) is 0 Å². The van der Waals surface area contributed by atoms with Crippen LogP contribution in [0.3, 0.4) is 0 Å². The summed E-state index contributed by atoms with van der Waals surface area (Å²) in [5.41, 5.74) is 5.49.